The van der Waals surface area contributed by atoms with E-state index in [2.05, 4.69) is 15.6 Å². The molecule has 4 N–H and O–H groups in total. The van der Waals surface area contributed by atoms with Crippen LogP contribution in [0, 0.1) is 0 Å². The van der Waals surface area contributed by atoms with Crippen LogP contribution in [0.15, 0.2) is 79.1 Å². The minimum atomic E-state index is -1.32. The fraction of sp³-hybridized carbons (Fsp3) is 0.258. The van der Waals surface area contributed by atoms with Crippen LogP contribution in [0.5, 0.6) is 11.5 Å². The molecule has 2 aromatic heterocycles. The number of likely N-dealkylation sites (N-methyl/N-ethyl adjacent to an activating group) is 1. The standard InChI is InChI=1S/C31H34N6O6/c1-31(2,3)26-18-27(34-30(42)33-21-7-11-23(12-8-21)43-24-13-15-32-16-14-24)37(35-26)22-9-5-20(6-10-22)17-28(39)36(4)25(19-38)29(40)41/h5-16,18,25,38H,17,19H2,1-4H3,(H,40,41)(H2,33,34,42). The van der Waals surface area contributed by atoms with Crippen LogP contribution in [0.4, 0.5) is 16.3 Å². The monoisotopic (exact) mass is 586 g/mol. The number of hydrogen-bond acceptors (Lipinski definition) is 7. The maximum absolute atomic E-state index is 13.0. The fourth-order valence-corrected chi connectivity index (χ4v) is 4.06. The maximum atomic E-state index is 13.0. The van der Waals surface area contributed by atoms with Gasteiger partial charge < -0.3 is 25.2 Å². The normalized spacial score (nSPS) is 11.8. The number of ether oxygens (including phenoxy) is 1. The third kappa shape index (κ3) is 7.95. The highest BCUT2D eigenvalue weighted by atomic mass is 16.5. The second kappa shape index (κ2) is 13.2. The van der Waals surface area contributed by atoms with E-state index in [1.807, 2.05) is 20.8 Å². The number of nitrogens with zero attached hydrogens (tertiary/aromatic N) is 4. The number of carboxylic acid groups (broad SMARTS) is 1. The number of hydrogen-bond donors (Lipinski definition) is 4. The predicted molar refractivity (Wildman–Crippen MR) is 161 cm³/mol. The van der Waals surface area contributed by atoms with Crippen LogP contribution in [0.2, 0.25) is 0 Å². The van der Waals surface area contributed by atoms with Gasteiger partial charge in [0.2, 0.25) is 5.91 Å². The summed E-state index contributed by atoms with van der Waals surface area (Å²) in [5.41, 5.74) is 2.31. The number of aromatic nitrogens is 3. The summed E-state index contributed by atoms with van der Waals surface area (Å²) in [4.78, 5) is 41.8. The van der Waals surface area contributed by atoms with Crippen molar-refractivity contribution in [2.24, 2.45) is 0 Å². The number of benzene rings is 2. The maximum Gasteiger partial charge on any atom is 0.328 e. The Balaban J connectivity index is 1.47. The molecule has 0 aliphatic rings. The zero-order valence-electron chi connectivity index (χ0n) is 24.3. The molecule has 0 saturated heterocycles. The van der Waals surface area contributed by atoms with Crippen molar-refractivity contribution in [1.29, 1.82) is 0 Å². The average molecular weight is 587 g/mol. The predicted octanol–water partition coefficient (Wildman–Crippen LogP) is 4.45. The van der Waals surface area contributed by atoms with Gasteiger partial charge in [-0.15, -0.1) is 0 Å². The number of anilines is 2. The lowest BCUT2D eigenvalue weighted by molar-refractivity contribution is -0.150. The number of nitrogens with one attached hydrogen (secondary N) is 2. The number of carbonyl (C=O) groups excluding carboxylic acids is 2. The Hall–Kier alpha value is -5.23. The SMILES string of the molecule is CN(C(=O)Cc1ccc(-n2nc(C(C)(C)C)cc2NC(=O)Nc2ccc(Oc3ccncc3)cc2)cc1)C(CO)C(=O)O. The van der Waals surface area contributed by atoms with Gasteiger partial charge in [-0.25, -0.2) is 14.3 Å². The first-order chi connectivity index (χ1) is 20.4. The molecule has 12 nitrogen and oxygen atoms in total. The van der Waals surface area contributed by atoms with Crippen LogP contribution in [-0.2, 0) is 21.4 Å². The van der Waals surface area contributed by atoms with Gasteiger partial charge in [0.1, 0.15) is 17.3 Å². The Labute approximate surface area is 248 Å². The lowest BCUT2D eigenvalue weighted by Gasteiger charge is -2.23. The van der Waals surface area contributed by atoms with Crippen LogP contribution in [-0.4, -0.2) is 67.5 Å². The second-order valence-electron chi connectivity index (χ2n) is 10.8. The van der Waals surface area contributed by atoms with E-state index in [-0.39, 0.29) is 11.8 Å². The van der Waals surface area contributed by atoms with Crippen molar-refractivity contribution < 1.29 is 29.3 Å². The van der Waals surface area contributed by atoms with Gasteiger partial charge in [-0.3, -0.25) is 15.1 Å². The minimum Gasteiger partial charge on any atom is -0.480 e. The van der Waals surface area contributed by atoms with Crippen LogP contribution >= 0.6 is 0 Å². The molecule has 4 aromatic rings. The van der Waals surface area contributed by atoms with Crippen molar-refractivity contribution in [3.8, 4) is 17.2 Å². The van der Waals surface area contributed by atoms with Gasteiger partial charge in [-0.1, -0.05) is 32.9 Å². The number of aliphatic hydroxyl groups excluding tert-OH is 1. The van der Waals surface area contributed by atoms with Crippen LogP contribution in [0.1, 0.15) is 32.0 Å². The average Bonchev–Trinajstić information content (AvgIpc) is 3.39. The lowest BCUT2D eigenvalue weighted by atomic mass is 9.92. The van der Waals surface area contributed by atoms with Crippen molar-refractivity contribution in [3.63, 3.8) is 0 Å². The molecule has 224 valence electrons. The summed E-state index contributed by atoms with van der Waals surface area (Å²) < 4.78 is 7.37. The summed E-state index contributed by atoms with van der Waals surface area (Å²) in [6, 6.07) is 17.4. The Morgan fingerprint density at radius 1 is 0.953 bits per heavy atom. The Bertz CT molecular complexity index is 1560. The molecule has 0 fully saturated rings. The molecule has 2 aromatic carbocycles. The molecular weight excluding hydrogens is 552 g/mol. The van der Waals surface area contributed by atoms with Crippen LogP contribution < -0.4 is 15.4 Å². The van der Waals surface area contributed by atoms with E-state index in [0.29, 0.717) is 34.3 Å². The highest BCUT2D eigenvalue weighted by Gasteiger charge is 2.26. The van der Waals surface area contributed by atoms with Gasteiger partial charge in [0, 0.05) is 36.6 Å². The zero-order valence-corrected chi connectivity index (χ0v) is 24.3. The van der Waals surface area contributed by atoms with E-state index in [0.717, 1.165) is 10.6 Å². The summed E-state index contributed by atoms with van der Waals surface area (Å²) in [7, 11) is 1.34. The molecule has 0 aliphatic heterocycles. The number of urea groups is 1. The van der Waals surface area contributed by atoms with E-state index in [1.165, 1.54) is 7.05 Å². The first-order valence-electron chi connectivity index (χ1n) is 13.5. The summed E-state index contributed by atoms with van der Waals surface area (Å²) in [5.74, 6) is -0.0258. The number of carboxylic acids is 1. The van der Waals surface area contributed by atoms with E-state index in [1.54, 1.807) is 83.8 Å². The van der Waals surface area contributed by atoms with Crippen molar-refractivity contribution in [1.82, 2.24) is 19.7 Å². The summed E-state index contributed by atoms with van der Waals surface area (Å²) in [5, 5.41) is 28.9. The molecule has 0 aliphatic carbocycles. The lowest BCUT2D eigenvalue weighted by Crippen LogP contribution is -2.45. The second-order valence-corrected chi connectivity index (χ2v) is 10.8. The number of amides is 3. The molecule has 0 saturated carbocycles. The number of carbonyl (C=O) groups is 3. The zero-order chi connectivity index (χ0) is 31.1. The molecular formula is C31H34N6O6. The first kappa shape index (κ1) is 30.7. The van der Waals surface area contributed by atoms with E-state index in [9.17, 15) is 24.6 Å². The summed E-state index contributed by atoms with van der Waals surface area (Å²) in [6.45, 7) is 5.37. The summed E-state index contributed by atoms with van der Waals surface area (Å²) >= 11 is 0. The quantitative estimate of drug-likeness (QED) is 0.212. The molecule has 1 unspecified atom stereocenters. The number of pyridine rings is 1. The minimum absolute atomic E-state index is 0.0488. The number of aliphatic hydroxyl groups is 1. The van der Waals surface area contributed by atoms with Gasteiger partial charge in [-0.05, 0) is 54.1 Å². The fourth-order valence-electron chi connectivity index (χ4n) is 4.06. The van der Waals surface area contributed by atoms with Gasteiger partial charge in [0.25, 0.3) is 0 Å². The van der Waals surface area contributed by atoms with Gasteiger partial charge >= 0.3 is 12.0 Å². The van der Waals surface area contributed by atoms with E-state index >= 15 is 0 Å². The van der Waals surface area contributed by atoms with Gasteiger partial charge in [-0.2, -0.15) is 5.10 Å². The first-order valence-corrected chi connectivity index (χ1v) is 13.5. The van der Waals surface area contributed by atoms with Crippen LogP contribution in [0.25, 0.3) is 5.69 Å². The molecule has 4 rings (SSSR count). The topological polar surface area (TPSA) is 159 Å². The van der Waals surface area contributed by atoms with Crippen molar-refractivity contribution in [2.45, 2.75) is 38.6 Å². The van der Waals surface area contributed by atoms with Gasteiger partial charge in [0.15, 0.2) is 6.04 Å². The third-order valence-corrected chi connectivity index (χ3v) is 6.57. The van der Waals surface area contributed by atoms with E-state index < -0.39 is 30.6 Å². The third-order valence-electron chi connectivity index (χ3n) is 6.57. The van der Waals surface area contributed by atoms with Gasteiger partial charge in [0.05, 0.1) is 24.4 Å². The molecule has 0 bridgehead atoms. The van der Waals surface area contributed by atoms with Crippen molar-refractivity contribution >= 4 is 29.4 Å². The molecule has 12 heteroatoms. The smallest absolute Gasteiger partial charge is 0.328 e. The van der Waals surface area contributed by atoms with Crippen LogP contribution in [0.3, 0.4) is 0 Å². The Morgan fingerprint density at radius 2 is 1.58 bits per heavy atom. The largest absolute Gasteiger partial charge is 0.480 e. The Morgan fingerprint density at radius 3 is 2.16 bits per heavy atom. The number of rotatable bonds is 10. The van der Waals surface area contributed by atoms with Crippen molar-refractivity contribution in [3.05, 3.63) is 90.4 Å². The molecule has 43 heavy (non-hydrogen) atoms. The Kier molecular flexibility index (Phi) is 9.41. The van der Waals surface area contributed by atoms with E-state index in [4.69, 9.17) is 9.84 Å². The van der Waals surface area contributed by atoms with Crippen molar-refractivity contribution in [2.75, 3.05) is 24.3 Å². The number of aliphatic carboxylic acids is 1. The molecule has 3 amide bonds. The molecule has 2 heterocycles. The highest BCUT2D eigenvalue weighted by molar-refractivity contribution is 5.99. The molecule has 0 radical (unpaired) electrons. The highest BCUT2D eigenvalue weighted by Crippen LogP contribution is 2.27. The molecule has 0 spiro atoms. The molecule has 1 atom stereocenters. The summed E-state index contributed by atoms with van der Waals surface area (Å²) in [6.07, 6.45) is 3.23.